The summed E-state index contributed by atoms with van der Waals surface area (Å²) in [4.78, 5) is 12.0. The normalized spacial score (nSPS) is 17.8. The Labute approximate surface area is 213 Å². The van der Waals surface area contributed by atoms with Gasteiger partial charge in [-0.05, 0) is 61.2 Å². The lowest BCUT2D eigenvalue weighted by Crippen LogP contribution is -2.53. The first-order valence-electron chi connectivity index (χ1n) is 12.8. The first kappa shape index (κ1) is 24.3. The van der Waals surface area contributed by atoms with E-state index in [4.69, 9.17) is 4.74 Å². The Balaban J connectivity index is 1.22. The molecule has 2 aliphatic rings. The second kappa shape index (κ2) is 10.7. The smallest absolute Gasteiger partial charge is 0.132 e. The maximum atomic E-state index is 14.3. The van der Waals surface area contributed by atoms with E-state index >= 15 is 0 Å². The number of nitrogens with zero attached hydrogens (tertiary/aromatic N) is 4. The molecule has 6 heteroatoms. The number of pyridine rings is 1. The Morgan fingerprint density at radius 1 is 1.00 bits per heavy atom. The summed E-state index contributed by atoms with van der Waals surface area (Å²) in [5.41, 5.74) is 5.51. The topological polar surface area (TPSA) is 31.8 Å². The number of piperazine rings is 1. The van der Waals surface area contributed by atoms with Gasteiger partial charge in [0.1, 0.15) is 11.6 Å². The monoisotopic (exact) mass is 486 g/mol. The van der Waals surface area contributed by atoms with Gasteiger partial charge in [-0.3, -0.25) is 9.88 Å². The van der Waals surface area contributed by atoms with Gasteiger partial charge in [0.25, 0.3) is 0 Å². The fraction of sp³-hybridized carbons (Fsp3) is 0.367. The molecule has 0 N–H and O–H groups in total. The number of hydrogen-bond donors (Lipinski definition) is 0. The highest BCUT2D eigenvalue weighted by Gasteiger charge is 2.29. The van der Waals surface area contributed by atoms with E-state index in [2.05, 4.69) is 51.4 Å². The quantitative estimate of drug-likeness (QED) is 0.419. The average molecular weight is 487 g/mol. The molecule has 0 unspecified atom stereocenters. The van der Waals surface area contributed by atoms with E-state index in [9.17, 15) is 4.39 Å². The van der Waals surface area contributed by atoms with Crippen molar-refractivity contribution in [2.75, 3.05) is 56.2 Å². The van der Waals surface area contributed by atoms with E-state index in [0.717, 1.165) is 69.1 Å². The highest BCUT2D eigenvalue weighted by Crippen LogP contribution is 2.33. The number of aromatic nitrogens is 1. The summed E-state index contributed by atoms with van der Waals surface area (Å²) in [5.74, 6) is 0.682. The molecule has 2 aliphatic heterocycles. The molecule has 0 aliphatic carbocycles. The predicted octanol–water partition coefficient (Wildman–Crippen LogP) is 5.68. The molecule has 0 saturated carbocycles. The van der Waals surface area contributed by atoms with E-state index in [1.165, 1.54) is 16.8 Å². The van der Waals surface area contributed by atoms with Crippen LogP contribution in [0.5, 0.6) is 5.75 Å². The highest BCUT2D eigenvalue weighted by molar-refractivity contribution is 5.91. The number of benzene rings is 2. The maximum Gasteiger partial charge on any atom is 0.132 e. The predicted molar refractivity (Wildman–Crippen MR) is 148 cm³/mol. The largest absolute Gasteiger partial charge is 0.497 e. The Kier molecular flexibility index (Phi) is 7.23. The number of anilines is 2. The van der Waals surface area contributed by atoms with Crippen molar-refractivity contribution in [3.63, 3.8) is 0 Å². The van der Waals surface area contributed by atoms with Crippen molar-refractivity contribution in [3.8, 4) is 5.75 Å². The lowest BCUT2D eigenvalue weighted by Gasteiger charge is -2.44. The van der Waals surface area contributed by atoms with Gasteiger partial charge in [-0.15, -0.1) is 0 Å². The Hall–Kier alpha value is -3.38. The SMILES string of the molecule is C=C/C=C\c1cc(OC)cc(N2CCN(C3CCN(c4ccc(F)c5cccnc45)CC3)CC2)c1C. The van der Waals surface area contributed by atoms with Gasteiger partial charge in [0.15, 0.2) is 0 Å². The minimum Gasteiger partial charge on any atom is -0.497 e. The number of hydrogen-bond acceptors (Lipinski definition) is 5. The molecule has 5 nitrogen and oxygen atoms in total. The number of rotatable bonds is 6. The van der Waals surface area contributed by atoms with Gasteiger partial charge < -0.3 is 14.5 Å². The third-order valence-electron chi connectivity index (χ3n) is 7.71. The van der Waals surface area contributed by atoms with Crippen LogP contribution in [0.15, 0.2) is 61.3 Å². The third-order valence-corrected chi connectivity index (χ3v) is 7.71. The second-order valence-electron chi connectivity index (χ2n) is 9.66. The second-order valence-corrected chi connectivity index (χ2v) is 9.66. The molecule has 3 aromatic rings. The molecule has 36 heavy (non-hydrogen) atoms. The fourth-order valence-corrected chi connectivity index (χ4v) is 5.66. The standard InChI is InChI=1S/C30H35FN4O/c1-4-5-7-23-20-25(36-3)21-29(22(23)2)35-18-16-33(17-19-35)24-11-14-34(15-12-24)28-10-9-27(31)26-8-6-13-32-30(26)28/h4-10,13,20-21,24H,1,11-12,14-19H2,2-3H3/b7-5-. The molecule has 0 radical (unpaired) electrons. The summed E-state index contributed by atoms with van der Waals surface area (Å²) in [5, 5.41) is 0.601. The number of methoxy groups -OCH3 is 1. The zero-order valence-corrected chi connectivity index (χ0v) is 21.3. The van der Waals surface area contributed by atoms with Crippen LogP contribution in [0.3, 0.4) is 0 Å². The van der Waals surface area contributed by atoms with Crippen LogP contribution in [0.25, 0.3) is 17.0 Å². The van der Waals surface area contributed by atoms with Crippen LogP contribution in [-0.4, -0.2) is 62.3 Å². The Bertz CT molecular complexity index is 1260. The van der Waals surface area contributed by atoms with Gasteiger partial charge in [-0.25, -0.2) is 4.39 Å². The fourth-order valence-electron chi connectivity index (χ4n) is 5.66. The van der Waals surface area contributed by atoms with Gasteiger partial charge in [-0.1, -0.05) is 24.8 Å². The van der Waals surface area contributed by atoms with Crippen LogP contribution >= 0.6 is 0 Å². The van der Waals surface area contributed by atoms with Crippen molar-refractivity contribution in [3.05, 3.63) is 78.3 Å². The summed E-state index contributed by atoms with van der Waals surface area (Å²) >= 11 is 0. The third kappa shape index (κ3) is 4.82. The first-order valence-corrected chi connectivity index (χ1v) is 12.8. The van der Waals surface area contributed by atoms with Crippen LogP contribution in [0, 0.1) is 12.7 Å². The molecule has 0 atom stereocenters. The summed E-state index contributed by atoms with van der Waals surface area (Å²) < 4.78 is 19.8. The molecule has 0 spiro atoms. The zero-order valence-electron chi connectivity index (χ0n) is 21.3. The zero-order chi connectivity index (χ0) is 25.1. The number of piperidine rings is 1. The van der Waals surface area contributed by atoms with E-state index in [1.54, 1.807) is 31.5 Å². The molecule has 5 rings (SSSR count). The van der Waals surface area contributed by atoms with Crippen molar-refractivity contribution in [1.82, 2.24) is 9.88 Å². The highest BCUT2D eigenvalue weighted by atomic mass is 19.1. The Morgan fingerprint density at radius 3 is 2.47 bits per heavy atom. The maximum absolute atomic E-state index is 14.3. The number of fused-ring (bicyclic) bond motifs is 1. The number of halogens is 1. The van der Waals surface area contributed by atoms with Crippen molar-refractivity contribution >= 4 is 28.4 Å². The van der Waals surface area contributed by atoms with Gasteiger partial charge in [0.05, 0.1) is 18.3 Å². The van der Waals surface area contributed by atoms with Crippen molar-refractivity contribution in [2.45, 2.75) is 25.8 Å². The van der Waals surface area contributed by atoms with Gasteiger partial charge in [0, 0.05) is 68.6 Å². The molecule has 0 bridgehead atoms. The summed E-state index contributed by atoms with van der Waals surface area (Å²) in [6.45, 7) is 12.0. The van der Waals surface area contributed by atoms with Crippen LogP contribution in [0.2, 0.25) is 0 Å². The van der Waals surface area contributed by atoms with E-state index < -0.39 is 0 Å². The number of ether oxygens (including phenoxy) is 1. The molecule has 0 amide bonds. The summed E-state index contributed by atoms with van der Waals surface area (Å²) in [6, 6.07) is 11.9. The molecular weight excluding hydrogens is 451 g/mol. The molecule has 2 saturated heterocycles. The molecule has 2 fully saturated rings. The lowest BCUT2D eigenvalue weighted by molar-refractivity contribution is 0.160. The van der Waals surface area contributed by atoms with Gasteiger partial charge in [-0.2, -0.15) is 0 Å². The molecule has 3 heterocycles. The van der Waals surface area contributed by atoms with Gasteiger partial charge >= 0.3 is 0 Å². The summed E-state index contributed by atoms with van der Waals surface area (Å²) in [6.07, 6.45) is 9.84. The molecule has 188 valence electrons. The first-order chi connectivity index (χ1) is 17.6. The van der Waals surface area contributed by atoms with E-state index in [1.807, 2.05) is 18.2 Å². The van der Waals surface area contributed by atoms with Crippen LogP contribution in [0.4, 0.5) is 15.8 Å². The van der Waals surface area contributed by atoms with Crippen molar-refractivity contribution < 1.29 is 9.13 Å². The van der Waals surface area contributed by atoms with Crippen LogP contribution < -0.4 is 14.5 Å². The van der Waals surface area contributed by atoms with Gasteiger partial charge in [0.2, 0.25) is 0 Å². The average Bonchev–Trinajstić information content (AvgIpc) is 2.93. The van der Waals surface area contributed by atoms with Crippen LogP contribution in [-0.2, 0) is 0 Å². The van der Waals surface area contributed by atoms with Crippen LogP contribution in [0.1, 0.15) is 24.0 Å². The molecule has 2 aromatic carbocycles. The Morgan fingerprint density at radius 2 is 1.75 bits per heavy atom. The molecule has 1 aromatic heterocycles. The van der Waals surface area contributed by atoms with Crippen molar-refractivity contribution in [1.29, 1.82) is 0 Å². The van der Waals surface area contributed by atoms with Crippen molar-refractivity contribution in [2.24, 2.45) is 0 Å². The van der Waals surface area contributed by atoms with E-state index in [0.29, 0.717) is 11.4 Å². The summed E-state index contributed by atoms with van der Waals surface area (Å²) in [7, 11) is 1.73. The number of allylic oxidation sites excluding steroid dienone is 2. The lowest BCUT2D eigenvalue weighted by atomic mass is 10.00. The van der Waals surface area contributed by atoms with E-state index in [-0.39, 0.29) is 5.82 Å². The molecular formula is C30H35FN4O. The minimum absolute atomic E-state index is 0.204. The minimum atomic E-state index is -0.204.